The number of rotatable bonds is 5. The van der Waals surface area contributed by atoms with Crippen molar-refractivity contribution in [2.45, 2.75) is 25.8 Å². The van der Waals surface area contributed by atoms with Crippen molar-refractivity contribution in [1.82, 2.24) is 0 Å². The number of hydrogen-bond acceptors (Lipinski definition) is 4. The number of nitrogens with one attached hydrogen (secondary N) is 1. The van der Waals surface area contributed by atoms with E-state index in [2.05, 4.69) is 5.32 Å². The van der Waals surface area contributed by atoms with E-state index in [1.807, 2.05) is 0 Å². The van der Waals surface area contributed by atoms with Crippen LogP contribution in [0, 0.1) is 23.0 Å². The van der Waals surface area contributed by atoms with Gasteiger partial charge in [-0.2, -0.15) is 0 Å². The molecule has 0 spiro atoms. The van der Waals surface area contributed by atoms with E-state index in [0.717, 1.165) is 12.8 Å². The lowest BCUT2D eigenvalue weighted by Crippen LogP contribution is -2.31. The molecule has 1 saturated carbocycles. The van der Waals surface area contributed by atoms with Crippen molar-refractivity contribution in [3.05, 3.63) is 33.9 Å². The summed E-state index contributed by atoms with van der Waals surface area (Å²) in [5, 5.41) is 22.7. The monoisotopic (exact) mass is 250 g/mol. The lowest BCUT2D eigenvalue weighted by Gasteiger charge is -2.15. The zero-order valence-corrected chi connectivity index (χ0v) is 9.92. The SMILES string of the molecule is Cc1ccc(NC(C(=O)O)C2CC2)cc1[N+](=O)[O-]. The molecule has 0 aromatic heterocycles. The molecule has 18 heavy (non-hydrogen) atoms. The summed E-state index contributed by atoms with van der Waals surface area (Å²) in [6.07, 6.45) is 1.77. The summed E-state index contributed by atoms with van der Waals surface area (Å²) < 4.78 is 0. The van der Waals surface area contributed by atoms with Crippen molar-refractivity contribution in [2.24, 2.45) is 5.92 Å². The molecular formula is C12H14N2O4. The minimum atomic E-state index is -0.916. The lowest BCUT2D eigenvalue weighted by molar-refractivity contribution is -0.385. The molecule has 6 nitrogen and oxygen atoms in total. The predicted octanol–water partition coefficient (Wildman–Crippen LogP) is 2.18. The van der Waals surface area contributed by atoms with E-state index in [4.69, 9.17) is 5.11 Å². The quantitative estimate of drug-likeness (QED) is 0.617. The van der Waals surface area contributed by atoms with Gasteiger partial charge in [0.05, 0.1) is 4.92 Å². The summed E-state index contributed by atoms with van der Waals surface area (Å²) in [5.41, 5.74) is 1.04. The maximum atomic E-state index is 11.1. The van der Waals surface area contributed by atoms with Gasteiger partial charge in [-0.1, -0.05) is 6.07 Å². The van der Waals surface area contributed by atoms with Gasteiger partial charge in [-0.25, -0.2) is 4.79 Å². The van der Waals surface area contributed by atoms with Crippen LogP contribution in [-0.4, -0.2) is 22.0 Å². The fourth-order valence-corrected chi connectivity index (χ4v) is 1.89. The van der Waals surface area contributed by atoms with Crippen molar-refractivity contribution in [1.29, 1.82) is 0 Å². The van der Waals surface area contributed by atoms with Gasteiger partial charge in [0.25, 0.3) is 5.69 Å². The Balaban J connectivity index is 2.20. The Morgan fingerprint density at radius 3 is 2.72 bits per heavy atom. The summed E-state index contributed by atoms with van der Waals surface area (Å²) in [5.74, 6) is -0.788. The van der Waals surface area contributed by atoms with Gasteiger partial charge >= 0.3 is 5.97 Å². The van der Waals surface area contributed by atoms with E-state index in [9.17, 15) is 14.9 Å². The lowest BCUT2D eigenvalue weighted by atomic mass is 10.1. The second-order valence-electron chi connectivity index (χ2n) is 4.56. The van der Waals surface area contributed by atoms with Crippen LogP contribution in [0.5, 0.6) is 0 Å². The molecule has 2 rings (SSSR count). The predicted molar refractivity (Wildman–Crippen MR) is 65.6 cm³/mol. The van der Waals surface area contributed by atoms with E-state index >= 15 is 0 Å². The number of anilines is 1. The van der Waals surface area contributed by atoms with E-state index in [1.54, 1.807) is 19.1 Å². The molecule has 1 aromatic rings. The molecule has 0 aliphatic heterocycles. The highest BCUT2D eigenvalue weighted by atomic mass is 16.6. The first-order valence-corrected chi connectivity index (χ1v) is 5.73. The van der Waals surface area contributed by atoms with Crippen molar-refractivity contribution >= 4 is 17.3 Å². The number of carbonyl (C=O) groups is 1. The average Bonchev–Trinajstić information content (AvgIpc) is 3.11. The molecule has 2 N–H and O–H groups in total. The molecule has 1 aromatic carbocycles. The van der Waals surface area contributed by atoms with Crippen LogP contribution in [0.25, 0.3) is 0 Å². The summed E-state index contributed by atoms with van der Waals surface area (Å²) in [7, 11) is 0. The Morgan fingerprint density at radius 2 is 2.22 bits per heavy atom. The highest BCUT2D eigenvalue weighted by molar-refractivity contribution is 5.78. The van der Waals surface area contributed by atoms with Crippen LogP contribution in [0.1, 0.15) is 18.4 Å². The highest BCUT2D eigenvalue weighted by Crippen LogP contribution is 2.35. The molecule has 0 saturated heterocycles. The third-order valence-corrected chi connectivity index (χ3v) is 3.09. The van der Waals surface area contributed by atoms with Crippen LogP contribution in [0.15, 0.2) is 18.2 Å². The normalized spacial score (nSPS) is 16.1. The standard InChI is InChI=1S/C12H14N2O4/c1-7-2-5-9(6-10(7)14(17)18)13-11(12(15)16)8-3-4-8/h2,5-6,8,11,13H,3-4H2,1H3,(H,15,16). The number of nitro benzene ring substituents is 1. The van der Waals surface area contributed by atoms with Gasteiger partial charge in [0, 0.05) is 17.3 Å². The van der Waals surface area contributed by atoms with E-state index in [-0.39, 0.29) is 11.6 Å². The molecule has 1 aliphatic carbocycles. The fourth-order valence-electron chi connectivity index (χ4n) is 1.89. The molecular weight excluding hydrogens is 236 g/mol. The van der Waals surface area contributed by atoms with Crippen LogP contribution >= 0.6 is 0 Å². The van der Waals surface area contributed by atoms with Crippen LogP contribution in [-0.2, 0) is 4.79 Å². The van der Waals surface area contributed by atoms with Gasteiger partial charge in [-0.3, -0.25) is 10.1 Å². The van der Waals surface area contributed by atoms with Gasteiger partial charge in [0.1, 0.15) is 6.04 Å². The highest BCUT2D eigenvalue weighted by Gasteiger charge is 2.36. The van der Waals surface area contributed by atoms with Gasteiger partial charge in [0.2, 0.25) is 0 Å². The van der Waals surface area contributed by atoms with E-state index < -0.39 is 16.9 Å². The van der Waals surface area contributed by atoms with Crippen molar-refractivity contribution in [2.75, 3.05) is 5.32 Å². The molecule has 0 amide bonds. The summed E-state index contributed by atoms with van der Waals surface area (Å²) >= 11 is 0. The molecule has 1 fully saturated rings. The van der Waals surface area contributed by atoms with Gasteiger partial charge < -0.3 is 10.4 Å². The Hall–Kier alpha value is -2.11. The number of carboxylic acid groups (broad SMARTS) is 1. The fraction of sp³-hybridized carbons (Fsp3) is 0.417. The van der Waals surface area contributed by atoms with Crippen molar-refractivity contribution < 1.29 is 14.8 Å². The number of hydrogen-bond donors (Lipinski definition) is 2. The number of aryl methyl sites for hydroxylation is 1. The maximum Gasteiger partial charge on any atom is 0.326 e. The molecule has 0 bridgehead atoms. The Kier molecular flexibility index (Phi) is 3.18. The molecule has 0 heterocycles. The first kappa shape index (κ1) is 12.3. The topological polar surface area (TPSA) is 92.5 Å². The smallest absolute Gasteiger partial charge is 0.326 e. The first-order valence-electron chi connectivity index (χ1n) is 5.73. The third kappa shape index (κ3) is 2.58. The minimum absolute atomic E-state index is 0.0000595. The Morgan fingerprint density at radius 1 is 1.56 bits per heavy atom. The van der Waals surface area contributed by atoms with Gasteiger partial charge in [0.15, 0.2) is 0 Å². The number of benzene rings is 1. The summed E-state index contributed by atoms with van der Waals surface area (Å²) in [4.78, 5) is 21.4. The zero-order valence-electron chi connectivity index (χ0n) is 9.92. The molecule has 1 atom stereocenters. The minimum Gasteiger partial charge on any atom is -0.480 e. The molecule has 1 aliphatic rings. The zero-order chi connectivity index (χ0) is 13.3. The number of nitro groups is 1. The van der Waals surface area contributed by atoms with Crippen molar-refractivity contribution in [3.63, 3.8) is 0 Å². The van der Waals surface area contributed by atoms with E-state index in [1.165, 1.54) is 6.07 Å². The summed E-state index contributed by atoms with van der Waals surface area (Å²) in [6, 6.07) is 4.01. The summed E-state index contributed by atoms with van der Waals surface area (Å²) in [6.45, 7) is 1.65. The third-order valence-electron chi connectivity index (χ3n) is 3.09. The Bertz CT molecular complexity index is 497. The van der Waals surface area contributed by atoms with E-state index in [0.29, 0.717) is 11.3 Å². The van der Waals surface area contributed by atoms with Crippen LogP contribution in [0.2, 0.25) is 0 Å². The number of aliphatic carboxylic acids is 1. The van der Waals surface area contributed by atoms with Gasteiger partial charge in [-0.15, -0.1) is 0 Å². The number of carboxylic acids is 1. The van der Waals surface area contributed by atoms with Crippen LogP contribution < -0.4 is 5.32 Å². The first-order chi connectivity index (χ1) is 8.49. The van der Waals surface area contributed by atoms with Gasteiger partial charge in [-0.05, 0) is 31.7 Å². The average molecular weight is 250 g/mol. The molecule has 96 valence electrons. The van der Waals surface area contributed by atoms with Crippen LogP contribution in [0.3, 0.4) is 0 Å². The van der Waals surface area contributed by atoms with Crippen LogP contribution in [0.4, 0.5) is 11.4 Å². The second-order valence-corrected chi connectivity index (χ2v) is 4.56. The number of nitrogens with zero attached hydrogens (tertiary/aromatic N) is 1. The maximum absolute atomic E-state index is 11.1. The molecule has 6 heteroatoms. The largest absolute Gasteiger partial charge is 0.480 e. The Labute approximate surface area is 104 Å². The van der Waals surface area contributed by atoms with Crippen molar-refractivity contribution in [3.8, 4) is 0 Å². The molecule has 1 unspecified atom stereocenters. The molecule has 0 radical (unpaired) electrons. The second kappa shape index (κ2) is 4.64.